The van der Waals surface area contributed by atoms with Gasteiger partial charge in [-0.3, -0.25) is 4.79 Å². The average Bonchev–Trinajstić information content (AvgIpc) is 2.21. The van der Waals surface area contributed by atoms with E-state index in [4.69, 9.17) is 4.18 Å². The van der Waals surface area contributed by atoms with Gasteiger partial charge in [-0.15, -0.1) is 0 Å². The molecule has 0 unspecified atom stereocenters. The zero-order valence-corrected chi connectivity index (χ0v) is 10.2. The molecule has 0 aliphatic heterocycles. The molecule has 84 valence electrons. The summed E-state index contributed by atoms with van der Waals surface area (Å²) < 4.78 is 4.90. The van der Waals surface area contributed by atoms with E-state index >= 15 is 0 Å². The second kappa shape index (κ2) is 10.9. The van der Waals surface area contributed by atoms with E-state index in [9.17, 15) is 4.79 Å². The van der Waals surface area contributed by atoms with Gasteiger partial charge in [0.2, 0.25) is 0 Å². The summed E-state index contributed by atoms with van der Waals surface area (Å²) in [5.41, 5.74) is 0. The molecule has 0 heterocycles. The summed E-state index contributed by atoms with van der Waals surface area (Å²) in [6, 6.07) is 0. The van der Waals surface area contributed by atoms with Crippen molar-refractivity contribution < 1.29 is 8.98 Å². The van der Waals surface area contributed by atoms with Gasteiger partial charge in [0.15, 0.2) is 0 Å². The van der Waals surface area contributed by atoms with Gasteiger partial charge >= 0.3 is 5.97 Å². The molecule has 0 aliphatic carbocycles. The van der Waals surface area contributed by atoms with E-state index in [1.807, 2.05) is 6.92 Å². The Bertz CT molecular complexity index is 137. The van der Waals surface area contributed by atoms with Gasteiger partial charge in [0, 0.05) is 12.2 Å². The van der Waals surface area contributed by atoms with Crippen LogP contribution >= 0.6 is 12.0 Å². The molecule has 3 heteroatoms. The van der Waals surface area contributed by atoms with Gasteiger partial charge in [-0.2, -0.15) is 0 Å². The summed E-state index contributed by atoms with van der Waals surface area (Å²) in [5, 5.41) is 0. The van der Waals surface area contributed by atoms with Crippen LogP contribution in [0.25, 0.3) is 0 Å². The summed E-state index contributed by atoms with van der Waals surface area (Å²) in [5.74, 6) is 0.832. The van der Waals surface area contributed by atoms with E-state index in [-0.39, 0.29) is 5.97 Å². The zero-order chi connectivity index (χ0) is 10.6. The molecule has 0 aromatic rings. The Morgan fingerprint density at radius 2 is 1.71 bits per heavy atom. The van der Waals surface area contributed by atoms with Crippen molar-refractivity contribution in [1.82, 2.24) is 0 Å². The number of rotatable bonds is 9. The summed E-state index contributed by atoms with van der Waals surface area (Å²) in [4.78, 5) is 10.7. The molecule has 0 N–H and O–H groups in total. The Balaban J connectivity index is 2.95. The fraction of sp³-hybridized carbons (Fsp3) is 0.909. The minimum absolute atomic E-state index is 0.110. The smallest absolute Gasteiger partial charge is 0.317 e. The van der Waals surface area contributed by atoms with Crippen molar-refractivity contribution in [3.63, 3.8) is 0 Å². The van der Waals surface area contributed by atoms with Crippen LogP contribution in [0.15, 0.2) is 0 Å². The van der Waals surface area contributed by atoms with E-state index in [2.05, 4.69) is 6.92 Å². The second-order valence-corrected chi connectivity index (χ2v) is 4.21. The molecular weight excluding hydrogens is 196 g/mol. The number of carbonyl (C=O) groups excluding carboxylic acids is 1. The van der Waals surface area contributed by atoms with Crippen LogP contribution < -0.4 is 0 Å². The van der Waals surface area contributed by atoms with Crippen LogP contribution in [0.5, 0.6) is 0 Å². The Morgan fingerprint density at radius 3 is 2.36 bits per heavy atom. The molecule has 0 atom stereocenters. The summed E-state index contributed by atoms with van der Waals surface area (Å²) in [7, 11) is 0. The van der Waals surface area contributed by atoms with E-state index in [1.165, 1.54) is 44.1 Å². The highest BCUT2D eigenvalue weighted by Gasteiger charge is 1.98. The molecular formula is C11H22O2S. The number of carbonyl (C=O) groups is 1. The topological polar surface area (TPSA) is 26.3 Å². The molecule has 0 bridgehead atoms. The minimum Gasteiger partial charge on any atom is -0.391 e. The Hall–Kier alpha value is -0.180. The fourth-order valence-corrected chi connectivity index (χ4v) is 1.76. The lowest BCUT2D eigenvalue weighted by molar-refractivity contribution is -0.132. The fourth-order valence-electron chi connectivity index (χ4n) is 1.11. The monoisotopic (exact) mass is 218 g/mol. The lowest BCUT2D eigenvalue weighted by Gasteiger charge is -2.01. The van der Waals surface area contributed by atoms with Gasteiger partial charge in [-0.25, -0.2) is 0 Å². The first-order valence-corrected chi connectivity index (χ1v) is 6.54. The lowest BCUT2D eigenvalue weighted by atomic mass is 10.1. The number of hydrogen-bond acceptors (Lipinski definition) is 3. The molecule has 0 aliphatic rings. The van der Waals surface area contributed by atoms with Crippen LogP contribution in [-0.4, -0.2) is 11.7 Å². The van der Waals surface area contributed by atoms with Crippen molar-refractivity contribution in [3.8, 4) is 0 Å². The highest BCUT2D eigenvalue weighted by atomic mass is 32.2. The molecule has 2 nitrogen and oxygen atoms in total. The van der Waals surface area contributed by atoms with Gasteiger partial charge in [-0.05, 0) is 6.42 Å². The number of unbranched alkanes of at least 4 members (excludes halogenated alkanes) is 5. The average molecular weight is 218 g/mol. The maximum atomic E-state index is 10.7. The summed E-state index contributed by atoms with van der Waals surface area (Å²) in [6.45, 7) is 4.04. The lowest BCUT2D eigenvalue weighted by Crippen LogP contribution is -1.96. The van der Waals surface area contributed by atoms with Gasteiger partial charge in [0.1, 0.15) is 0 Å². The largest absolute Gasteiger partial charge is 0.391 e. The predicted octanol–water partition coefficient (Wildman–Crippen LogP) is 3.95. The molecule has 0 saturated carbocycles. The van der Waals surface area contributed by atoms with E-state index in [0.29, 0.717) is 6.42 Å². The minimum atomic E-state index is -0.110. The van der Waals surface area contributed by atoms with Crippen LogP contribution in [0.2, 0.25) is 0 Å². The van der Waals surface area contributed by atoms with Crippen LogP contribution in [0.4, 0.5) is 0 Å². The first-order valence-electron chi connectivity index (χ1n) is 5.63. The molecule has 0 amide bonds. The molecule has 0 saturated heterocycles. The van der Waals surface area contributed by atoms with Crippen molar-refractivity contribution in [2.45, 2.75) is 58.8 Å². The molecule has 14 heavy (non-hydrogen) atoms. The molecule has 0 aromatic heterocycles. The van der Waals surface area contributed by atoms with Crippen LogP contribution in [0.3, 0.4) is 0 Å². The van der Waals surface area contributed by atoms with Crippen LogP contribution in [0.1, 0.15) is 58.8 Å². The SMILES string of the molecule is CCCCCCCCSOC(=O)CC. The van der Waals surface area contributed by atoms with Crippen molar-refractivity contribution in [1.29, 1.82) is 0 Å². The number of hydrogen-bond donors (Lipinski definition) is 0. The van der Waals surface area contributed by atoms with Crippen molar-refractivity contribution >= 4 is 18.0 Å². The summed E-state index contributed by atoms with van der Waals surface area (Å²) >= 11 is 1.30. The van der Waals surface area contributed by atoms with Gasteiger partial charge < -0.3 is 4.18 Å². The standard InChI is InChI=1S/C11H22O2S/c1-3-5-6-7-8-9-10-14-13-11(12)4-2/h3-10H2,1-2H3. The highest BCUT2D eigenvalue weighted by molar-refractivity contribution is 7.95. The maximum absolute atomic E-state index is 10.7. The molecule has 0 spiro atoms. The molecule has 0 rings (SSSR count). The summed E-state index contributed by atoms with van der Waals surface area (Å²) in [6.07, 6.45) is 8.19. The van der Waals surface area contributed by atoms with Crippen molar-refractivity contribution in [3.05, 3.63) is 0 Å². The van der Waals surface area contributed by atoms with Crippen LogP contribution in [0, 0.1) is 0 Å². The third-order valence-corrected chi connectivity index (χ3v) is 2.78. The van der Waals surface area contributed by atoms with Gasteiger partial charge in [-0.1, -0.05) is 46.0 Å². The Kier molecular flexibility index (Phi) is 10.8. The third-order valence-electron chi connectivity index (χ3n) is 2.02. The Labute approximate surface area is 92.0 Å². The molecule has 0 radical (unpaired) electrons. The van der Waals surface area contributed by atoms with Gasteiger partial charge in [0.25, 0.3) is 0 Å². The zero-order valence-electron chi connectivity index (χ0n) is 9.38. The first-order chi connectivity index (χ1) is 6.81. The van der Waals surface area contributed by atoms with Crippen molar-refractivity contribution in [2.24, 2.45) is 0 Å². The second-order valence-electron chi connectivity index (χ2n) is 3.40. The quantitative estimate of drug-likeness (QED) is 0.433. The van der Waals surface area contributed by atoms with Crippen molar-refractivity contribution in [2.75, 3.05) is 5.75 Å². The van der Waals surface area contributed by atoms with E-state index in [0.717, 1.165) is 12.2 Å². The normalized spacial score (nSPS) is 10.1. The van der Waals surface area contributed by atoms with E-state index in [1.54, 1.807) is 0 Å². The maximum Gasteiger partial charge on any atom is 0.317 e. The van der Waals surface area contributed by atoms with Crippen LogP contribution in [-0.2, 0) is 8.98 Å². The molecule has 0 aromatic carbocycles. The van der Waals surface area contributed by atoms with E-state index < -0.39 is 0 Å². The molecule has 0 fully saturated rings. The highest BCUT2D eigenvalue weighted by Crippen LogP contribution is 2.11. The van der Waals surface area contributed by atoms with Gasteiger partial charge in [0.05, 0.1) is 12.0 Å². The third kappa shape index (κ3) is 9.90. The predicted molar refractivity (Wildman–Crippen MR) is 62.2 cm³/mol. The Morgan fingerprint density at radius 1 is 1.07 bits per heavy atom. The first kappa shape index (κ1) is 13.8.